The molecule has 168 valence electrons. The van der Waals surface area contributed by atoms with Crippen molar-refractivity contribution in [1.29, 1.82) is 5.26 Å². The van der Waals surface area contributed by atoms with Crippen LogP contribution in [0.5, 0.6) is 0 Å². The third kappa shape index (κ3) is 5.55. The Kier molecular flexibility index (Phi) is 6.81. The van der Waals surface area contributed by atoms with Crippen LogP contribution in [0.2, 0.25) is 10.0 Å². The van der Waals surface area contributed by atoms with Crippen LogP contribution in [0.4, 0.5) is 30.2 Å². The molecule has 0 saturated heterocycles. The lowest BCUT2D eigenvalue weighted by Crippen LogP contribution is -2.18. The van der Waals surface area contributed by atoms with E-state index < -0.39 is 34.7 Å². The standard InChI is InChI=1S/C22H12Cl2F3N3O3/c23-16-8-14(15(21(32)33)9-17(16)24)20(31)30-19-7-12(22(25,26)27)3-6-18(19)29-13-4-1-11(10-28)2-5-13/h1-9,29H,(H,30,31)(H,32,33). The van der Waals surface area contributed by atoms with E-state index in [0.717, 1.165) is 24.3 Å². The van der Waals surface area contributed by atoms with Crippen molar-refractivity contribution in [3.63, 3.8) is 0 Å². The summed E-state index contributed by atoms with van der Waals surface area (Å²) in [5, 5.41) is 23.2. The maximum absolute atomic E-state index is 13.3. The van der Waals surface area contributed by atoms with Crippen molar-refractivity contribution in [3.8, 4) is 6.07 Å². The van der Waals surface area contributed by atoms with Crippen LogP contribution in [0.15, 0.2) is 54.6 Å². The lowest BCUT2D eigenvalue weighted by molar-refractivity contribution is -0.137. The van der Waals surface area contributed by atoms with Crippen LogP contribution in [0, 0.1) is 11.3 Å². The highest BCUT2D eigenvalue weighted by Crippen LogP contribution is 2.36. The Bertz CT molecular complexity index is 1290. The van der Waals surface area contributed by atoms with Crippen LogP contribution in [-0.2, 0) is 6.18 Å². The van der Waals surface area contributed by atoms with E-state index >= 15 is 0 Å². The fourth-order valence-corrected chi connectivity index (χ4v) is 3.15. The van der Waals surface area contributed by atoms with Gasteiger partial charge in [0.2, 0.25) is 0 Å². The van der Waals surface area contributed by atoms with E-state index in [1.807, 2.05) is 6.07 Å². The molecule has 11 heteroatoms. The average molecular weight is 494 g/mol. The van der Waals surface area contributed by atoms with Crippen LogP contribution in [0.25, 0.3) is 0 Å². The first kappa shape index (κ1) is 23.9. The molecule has 0 fully saturated rings. The van der Waals surface area contributed by atoms with Gasteiger partial charge in [0.25, 0.3) is 5.91 Å². The van der Waals surface area contributed by atoms with Gasteiger partial charge in [-0.1, -0.05) is 23.2 Å². The largest absolute Gasteiger partial charge is 0.478 e. The van der Waals surface area contributed by atoms with E-state index in [-0.39, 0.29) is 21.4 Å². The van der Waals surface area contributed by atoms with E-state index in [0.29, 0.717) is 17.3 Å². The molecule has 0 radical (unpaired) electrons. The summed E-state index contributed by atoms with van der Waals surface area (Å²) in [5.74, 6) is -2.48. The van der Waals surface area contributed by atoms with Gasteiger partial charge in [-0.25, -0.2) is 4.79 Å². The SMILES string of the molecule is N#Cc1ccc(Nc2ccc(C(F)(F)F)cc2NC(=O)c2cc(Cl)c(Cl)cc2C(=O)O)cc1. The van der Waals surface area contributed by atoms with Crippen LogP contribution in [0.1, 0.15) is 31.8 Å². The summed E-state index contributed by atoms with van der Waals surface area (Å²) in [6.45, 7) is 0. The molecule has 0 aliphatic heterocycles. The van der Waals surface area contributed by atoms with E-state index in [2.05, 4.69) is 10.6 Å². The summed E-state index contributed by atoms with van der Waals surface area (Å²) in [6.07, 6.45) is -4.69. The van der Waals surface area contributed by atoms with Crippen molar-refractivity contribution in [3.05, 3.63) is 86.9 Å². The van der Waals surface area contributed by atoms with Crippen molar-refractivity contribution < 1.29 is 27.9 Å². The first-order chi connectivity index (χ1) is 15.5. The van der Waals surface area contributed by atoms with E-state index in [9.17, 15) is 27.9 Å². The van der Waals surface area contributed by atoms with E-state index in [1.165, 1.54) is 24.3 Å². The number of rotatable bonds is 5. The highest BCUT2D eigenvalue weighted by Gasteiger charge is 2.31. The van der Waals surface area contributed by atoms with Gasteiger partial charge in [-0.15, -0.1) is 0 Å². The smallest absolute Gasteiger partial charge is 0.416 e. The zero-order chi connectivity index (χ0) is 24.3. The normalized spacial score (nSPS) is 10.9. The Morgan fingerprint density at radius 3 is 2.06 bits per heavy atom. The maximum Gasteiger partial charge on any atom is 0.416 e. The predicted molar refractivity (Wildman–Crippen MR) is 117 cm³/mol. The number of benzene rings is 3. The molecule has 1 amide bonds. The van der Waals surface area contributed by atoms with Gasteiger partial charge in [0.1, 0.15) is 0 Å². The topological polar surface area (TPSA) is 102 Å². The minimum Gasteiger partial charge on any atom is -0.478 e. The average Bonchev–Trinajstić information content (AvgIpc) is 2.76. The highest BCUT2D eigenvalue weighted by atomic mass is 35.5. The summed E-state index contributed by atoms with van der Waals surface area (Å²) in [4.78, 5) is 24.4. The lowest BCUT2D eigenvalue weighted by atomic mass is 10.1. The predicted octanol–water partition coefficient (Wildman–Crippen LogP) is 6.58. The minimum atomic E-state index is -4.69. The Hall–Kier alpha value is -3.74. The zero-order valence-corrected chi connectivity index (χ0v) is 17.8. The van der Waals surface area contributed by atoms with Crippen molar-refractivity contribution in [1.82, 2.24) is 0 Å². The van der Waals surface area contributed by atoms with Crippen LogP contribution in [0.3, 0.4) is 0 Å². The van der Waals surface area contributed by atoms with Gasteiger partial charge in [-0.3, -0.25) is 4.79 Å². The van der Waals surface area contributed by atoms with E-state index in [4.69, 9.17) is 28.5 Å². The number of carbonyl (C=O) groups excluding carboxylic acids is 1. The van der Waals surface area contributed by atoms with Gasteiger partial charge in [-0.05, 0) is 54.6 Å². The molecule has 0 saturated carbocycles. The number of nitriles is 1. The number of anilines is 3. The Labute approximate surface area is 195 Å². The number of nitrogens with zero attached hydrogens (tertiary/aromatic N) is 1. The summed E-state index contributed by atoms with van der Waals surface area (Å²) in [7, 11) is 0. The number of nitrogens with one attached hydrogen (secondary N) is 2. The minimum absolute atomic E-state index is 0.0954. The van der Waals surface area contributed by atoms with E-state index in [1.54, 1.807) is 0 Å². The molecule has 0 spiro atoms. The number of amides is 1. The molecule has 0 unspecified atom stereocenters. The van der Waals surface area contributed by atoms with Crippen molar-refractivity contribution in [2.24, 2.45) is 0 Å². The van der Waals surface area contributed by atoms with Gasteiger partial charge < -0.3 is 15.7 Å². The number of carboxylic acid groups (broad SMARTS) is 1. The number of carboxylic acids is 1. The number of hydrogen-bond donors (Lipinski definition) is 3. The highest BCUT2D eigenvalue weighted by molar-refractivity contribution is 6.42. The Balaban J connectivity index is 2.03. The zero-order valence-electron chi connectivity index (χ0n) is 16.3. The second-order valence-corrected chi connectivity index (χ2v) is 7.46. The van der Waals surface area contributed by atoms with Crippen molar-refractivity contribution >= 4 is 52.1 Å². The van der Waals surface area contributed by atoms with Crippen molar-refractivity contribution in [2.75, 3.05) is 10.6 Å². The molecule has 0 bridgehead atoms. The van der Waals surface area contributed by atoms with Crippen LogP contribution >= 0.6 is 23.2 Å². The molecule has 0 aromatic heterocycles. The molecule has 3 aromatic rings. The third-order valence-electron chi connectivity index (χ3n) is 4.42. The van der Waals surface area contributed by atoms with Crippen LogP contribution in [-0.4, -0.2) is 17.0 Å². The number of hydrogen-bond acceptors (Lipinski definition) is 4. The second-order valence-electron chi connectivity index (χ2n) is 6.64. The molecule has 3 aromatic carbocycles. The van der Waals surface area contributed by atoms with Gasteiger partial charge in [0.15, 0.2) is 0 Å². The molecular formula is C22H12Cl2F3N3O3. The quantitative estimate of drug-likeness (QED) is 0.372. The number of halogens is 5. The lowest BCUT2D eigenvalue weighted by Gasteiger charge is -2.17. The molecule has 33 heavy (non-hydrogen) atoms. The molecule has 0 aliphatic rings. The molecule has 3 N–H and O–H groups in total. The monoisotopic (exact) mass is 493 g/mol. The summed E-state index contributed by atoms with van der Waals surface area (Å²) >= 11 is 11.7. The second kappa shape index (κ2) is 9.40. The number of carbonyl (C=O) groups is 2. The third-order valence-corrected chi connectivity index (χ3v) is 5.15. The maximum atomic E-state index is 13.3. The fourth-order valence-electron chi connectivity index (χ4n) is 2.82. The summed E-state index contributed by atoms with van der Waals surface area (Å²) in [5.41, 5.74) is -1.25. The first-order valence-corrected chi connectivity index (χ1v) is 9.77. The molecule has 0 heterocycles. The molecule has 0 atom stereocenters. The number of alkyl halides is 3. The first-order valence-electron chi connectivity index (χ1n) is 9.01. The summed E-state index contributed by atoms with van der Waals surface area (Å²) in [6, 6.07) is 12.6. The number of aromatic carboxylic acids is 1. The molecular weight excluding hydrogens is 482 g/mol. The fraction of sp³-hybridized carbons (Fsp3) is 0.0455. The molecule has 3 rings (SSSR count). The van der Waals surface area contributed by atoms with Gasteiger partial charge >= 0.3 is 12.1 Å². The van der Waals surface area contributed by atoms with Gasteiger partial charge in [0, 0.05) is 5.69 Å². The molecule has 0 aliphatic carbocycles. The summed E-state index contributed by atoms with van der Waals surface area (Å²) < 4.78 is 39.8. The van der Waals surface area contributed by atoms with Crippen molar-refractivity contribution in [2.45, 2.75) is 6.18 Å². The Morgan fingerprint density at radius 2 is 1.52 bits per heavy atom. The molecule has 6 nitrogen and oxygen atoms in total. The van der Waals surface area contributed by atoms with Crippen LogP contribution < -0.4 is 10.6 Å². The van der Waals surface area contributed by atoms with Gasteiger partial charge in [-0.2, -0.15) is 18.4 Å². The Morgan fingerprint density at radius 1 is 0.909 bits per heavy atom. The van der Waals surface area contributed by atoms with Gasteiger partial charge in [0.05, 0.1) is 49.7 Å².